The van der Waals surface area contributed by atoms with Gasteiger partial charge in [0, 0.05) is 19.8 Å². The summed E-state index contributed by atoms with van der Waals surface area (Å²) in [4.78, 5) is 16.5. The number of pyridine rings is 1. The number of aromatic carboxylic acids is 1. The van der Waals surface area contributed by atoms with Gasteiger partial charge in [0.05, 0.1) is 17.4 Å². The fraction of sp³-hybridized carbons (Fsp3) is 0.455. The van der Waals surface area contributed by atoms with Gasteiger partial charge in [-0.3, -0.25) is 0 Å². The highest BCUT2D eigenvalue weighted by molar-refractivity contribution is 5.89. The van der Waals surface area contributed by atoms with E-state index in [4.69, 9.17) is 10.8 Å². The number of anilines is 2. The van der Waals surface area contributed by atoms with Gasteiger partial charge in [-0.1, -0.05) is 0 Å². The summed E-state index contributed by atoms with van der Waals surface area (Å²) in [6.07, 6.45) is 1.47. The van der Waals surface area contributed by atoms with Crippen LogP contribution in [0, 0.1) is 0 Å². The van der Waals surface area contributed by atoms with Crippen LogP contribution in [-0.4, -0.2) is 40.9 Å². The molecule has 0 radical (unpaired) electrons. The van der Waals surface area contributed by atoms with Gasteiger partial charge in [0.25, 0.3) is 0 Å². The van der Waals surface area contributed by atoms with Crippen LogP contribution in [0.1, 0.15) is 23.7 Å². The minimum Gasteiger partial charge on any atom is -0.478 e. The zero-order valence-corrected chi connectivity index (χ0v) is 9.92. The predicted octanol–water partition coefficient (Wildman–Crippen LogP) is 0.569. The minimum atomic E-state index is -1.05. The maximum atomic E-state index is 10.7. The van der Waals surface area contributed by atoms with Gasteiger partial charge in [-0.05, 0) is 19.4 Å². The first-order valence-electron chi connectivity index (χ1n) is 5.30. The molecular weight excluding hydrogens is 222 g/mol. The normalized spacial score (nSPS) is 12.2. The summed E-state index contributed by atoms with van der Waals surface area (Å²) < 4.78 is 0. The lowest BCUT2D eigenvalue weighted by molar-refractivity contribution is 0.0696. The Morgan fingerprint density at radius 2 is 2.29 bits per heavy atom. The summed E-state index contributed by atoms with van der Waals surface area (Å²) in [5, 5.41) is 18.0. The summed E-state index contributed by atoms with van der Waals surface area (Å²) in [7, 11) is 1.79. The van der Waals surface area contributed by atoms with E-state index in [1.807, 2.05) is 0 Å². The van der Waals surface area contributed by atoms with E-state index in [0.29, 0.717) is 24.5 Å². The van der Waals surface area contributed by atoms with Crippen molar-refractivity contribution >= 4 is 17.5 Å². The van der Waals surface area contributed by atoms with E-state index in [1.165, 1.54) is 12.3 Å². The van der Waals surface area contributed by atoms with Gasteiger partial charge in [0.15, 0.2) is 5.82 Å². The predicted molar refractivity (Wildman–Crippen MR) is 65.2 cm³/mol. The van der Waals surface area contributed by atoms with E-state index in [1.54, 1.807) is 18.9 Å². The number of nitrogens with two attached hydrogens (primary N) is 1. The fourth-order valence-electron chi connectivity index (χ4n) is 1.40. The Kier molecular flexibility index (Phi) is 4.28. The quantitative estimate of drug-likeness (QED) is 0.694. The van der Waals surface area contributed by atoms with Crippen LogP contribution in [0.2, 0.25) is 0 Å². The summed E-state index contributed by atoms with van der Waals surface area (Å²) in [6.45, 7) is 2.30. The first kappa shape index (κ1) is 13.2. The number of carboxylic acids is 1. The lowest BCUT2D eigenvalue weighted by atomic mass is 10.2. The van der Waals surface area contributed by atoms with E-state index in [2.05, 4.69) is 4.98 Å². The second-order valence-electron chi connectivity index (χ2n) is 4.00. The number of carbonyl (C=O) groups is 1. The lowest BCUT2D eigenvalue weighted by Crippen LogP contribution is -2.24. The summed E-state index contributed by atoms with van der Waals surface area (Å²) in [6, 6.07) is 1.38. The molecule has 94 valence electrons. The molecule has 17 heavy (non-hydrogen) atoms. The fourth-order valence-corrected chi connectivity index (χ4v) is 1.40. The molecule has 0 amide bonds. The Morgan fingerprint density at radius 1 is 1.65 bits per heavy atom. The Labute approximate surface area is 99.7 Å². The molecular formula is C11H17N3O3. The molecule has 0 aromatic carbocycles. The highest BCUT2D eigenvalue weighted by atomic mass is 16.4. The number of aliphatic hydroxyl groups excluding tert-OH is 1. The highest BCUT2D eigenvalue weighted by Crippen LogP contribution is 2.20. The van der Waals surface area contributed by atoms with Crippen LogP contribution < -0.4 is 10.6 Å². The Bertz CT molecular complexity index is 407. The smallest absolute Gasteiger partial charge is 0.337 e. The molecule has 0 aliphatic carbocycles. The van der Waals surface area contributed by atoms with E-state index in [9.17, 15) is 9.90 Å². The van der Waals surface area contributed by atoms with Gasteiger partial charge in [-0.2, -0.15) is 0 Å². The second kappa shape index (κ2) is 5.49. The van der Waals surface area contributed by atoms with Crippen molar-refractivity contribution in [3.8, 4) is 0 Å². The maximum absolute atomic E-state index is 10.7. The van der Waals surface area contributed by atoms with Crippen molar-refractivity contribution in [2.24, 2.45) is 0 Å². The maximum Gasteiger partial charge on any atom is 0.337 e. The molecule has 0 aliphatic heterocycles. The monoisotopic (exact) mass is 239 g/mol. The molecule has 1 rings (SSSR count). The number of carboxylic acid groups (broad SMARTS) is 1. The topological polar surface area (TPSA) is 99.7 Å². The molecule has 6 nitrogen and oxygen atoms in total. The van der Waals surface area contributed by atoms with Crippen LogP contribution in [0.5, 0.6) is 0 Å². The number of nitrogens with zero attached hydrogens (tertiary/aromatic N) is 2. The van der Waals surface area contributed by atoms with Crippen molar-refractivity contribution in [1.82, 2.24) is 4.98 Å². The van der Waals surface area contributed by atoms with Crippen LogP contribution in [0.4, 0.5) is 11.5 Å². The van der Waals surface area contributed by atoms with Gasteiger partial charge in [0.2, 0.25) is 0 Å². The summed E-state index contributed by atoms with van der Waals surface area (Å²) in [5.74, 6) is -0.530. The molecule has 1 unspecified atom stereocenters. The Hall–Kier alpha value is -1.82. The highest BCUT2D eigenvalue weighted by Gasteiger charge is 2.11. The average molecular weight is 239 g/mol. The molecule has 1 heterocycles. The largest absolute Gasteiger partial charge is 0.478 e. The molecule has 0 bridgehead atoms. The van der Waals surface area contributed by atoms with Crippen LogP contribution in [-0.2, 0) is 0 Å². The molecule has 6 heteroatoms. The van der Waals surface area contributed by atoms with Crippen molar-refractivity contribution in [3.63, 3.8) is 0 Å². The molecule has 0 spiro atoms. The molecule has 0 saturated heterocycles. The lowest BCUT2D eigenvalue weighted by Gasteiger charge is -2.20. The first-order valence-corrected chi connectivity index (χ1v) is 5.30. The van der Waals surface area contributed by atoms with Crippen LogP contribution in [0.15, 0.2) is 12.3 Å². The number of nitrogen functional groups attached to an aromatic ring is 1. The van der Waals surface area contributed by atoms with Gasteiger partial charge < -0.3 is 20.8 Å². The van der Waals surface area contributed by atoms with Crippen LogP contribution in [0.3, 0.4) is 0 Å². The molecule has 1 aromatic rings. The summed E-state index contributed by atoms with van der Waals surface area (Å²) in [5.41, 5.74) is 6.12. The van der Waals surface area contributed by atoms with Crippen molar-refractivity contribution in [2.45, 2.75) is 19.4 Å². The molecule has 1 aromatic heterocycles. The van der Waals surface area contributed by atoms with Gasteiger partial charge in [-0.15, -0.1) is 0 Å². The number of aromatic nitrogens is 1. The standard InChI is InChI=1S/C11H17N3O3/c1-7(15)3-4-14(2)10-9(12)5-8(6-13-10)11(16)17/h5-7,15H,3-4,12H2,1-2H3,(H,16,17). The van der Waals surface area contributed by atoms with E-state index >= 15 is 0 Å². The summed E-state index contributed by atoms with van der Waals surface area (Å²) >= 11 is 0. The molecule has 0 saturated carbocycles. The molecule has 0 fully saturated rings. The zero-order valence-electron chi connectivity index (χ0n) is 9.92. The third kappa shape index (κ3) is 3.60. The van der Waals surface area contributed by atoms with E-state index in [0.717, 1.165) is 0 Å². The Morgan fingerprint density at radius 3 is 2.76 bits per heavy atom. The van der Waals surface area contributed by atoms with Crippen LogP contribution in [0.25, 0.3) is 0 Å². The number of rotatable bonds is 5. The third-order valence-electron chi connectivity index (χ3n) is 2.39. The number of hydrogen-bond donors (Lipinski definition) is 3. The van der Waals surface area contributed by atoms with Gasteiger partial charge in [-0.25, -0.2) is 9.78 Å². The average Bonchev–Trinajstić information content (AvgIpc) is 2.25. The van der Waals surface area contributed by atoms with E-state index < -0.39 is 12.1 Å². The minimum absolute atomic E-state index is 0.0650. The first-order chi connectivity index (χ1) is 7.91. The SMILES string of the molecule is CC(O)CCN(C)c1ncc(C(=O)O)cc1N. The second-order valence-corrected chi connectivity index (χ2v) is 4.00. The van der Waals surface area contributed by atoms with Crippen molar-refractivity contribution in [2.75, 3.05) is 24.2 Å². The van der Waals surface area contributed by atoms with Gasteiger partial charge in [0.1, 0.15) is 0 Å². The van der Waals surface area contributed by atoms with E-state index in [-0.39, 0.29) is 5.56 Å². The molecule has 1 atom stereocenters. The molecule has 4 N–H and O–H groups in total. The Balaban J connectivity index is 2.81. The van der Waals surface area contributed by atoms with Crippen molar-refractivity contribution in [3.05, 3.63) is 17.8 Å². The zero-order chi connectivity index (χ0) is 13.0. The molecule has 0 aliphatic rings. The number of hydrogen-bond acceptors (Lipinski definition) is 5. The van der Waals surface area contributed by atoms with Crippen molar-refractivity contribution < 1.29 is 15.0 Å². The number of aliphatic hydroxyl groups is 1. The van der Waals surface area contributed by atoms with Crippen molar-refractivity contribution in [1.29, 1.82) is 0 Å². The third-order valence-corrected chi connectivity index (χ3v) is 2.39. The van der Waals surface area contributed by atoms with Gasteiger partial charge >= 0.3 is 5.97 Å². The van der Waals surface area contributed by atoms with Crippen LogP contribution >= 0.6 is 0 Å².